The van der Waals surface area contributed by atoms with E-state index in [4.69, 9.17) is 4.42 Å². The Bertz CT molecular complexity index is 512. The summed E-state index contributed by atoms with van der Waals surface area (Å²) in [7, 11) is 0. The van der Waals surface area contributed by atoms with Gasteiger partial charge < -0.3 is 9.32 Å². The first-order chi connectivity index (χ1) is 11.1. The maximum atomic E-state index is 12.5. The van der Waals surface area contributed by atoms with Crippen LogP contribution in [0.2, 0.25) is 0 Å². The maximum Gasteiger partial charge on any atom is 0.222 e. The molecule has 0 aromatic carbocycles. The largest absolute Gasteiger partial charge is 0.425 e. The molecule has 0 atom stereocenters. The second-order valence-corrected chi connectivity index (χ2v) is 7.50. The number of hydrogen-bond acceptors (Lipinski definition) is 4. The van der Waals surface area contributed by atoms with E-state index in [-0.39, 0.29) is 5.92 Å². The van der Waals surface area contributed by atoms with Crippen LogP contribution in [-0.2, 0) is 4.79 Å². The highest BCUT2D eigenvalue weighted by Crippen LogP contribution is 2.30. The van der Waals surface area contributed by atoms with Crippen molar-refractivity contribution < 1.29 is 9.21 Å². The summed E-state index contributed by atoms with van der Waals surface area (Å²) >= 11 is 0. The minimum Gasteiger partial charge on any atom is -0.425 e. The molecule has 1 aliphatic carbocycles. The first kappa shape index (κ1) is 16.5. The van der Waals surface area contributed by atoms with Gasteiger partial charge in [0, 0.05) is 31.3 Å². The van der Waals surface area contributed by atoms with Crippen LogP contribution in [0, 0.1) is 5.92 Å². The second kappa shape index (κ2) is 7.45. The fourth-order valence-corrected chi connectivity index (χ4v) is 3.79. The maximum absolute atomic E-state index is 12.5. The molecule has 2 fully saturated rings. The summed E-state index contributed by atoms with van der Waals surface area (Å²) < 4.78 is 5.78. The third-order valence-electron chi connectivity index (χ3n) is 5.34. The SMILES string of the molecule is CC(C)c1nnc(C2CCN(C(=O)CC3CCCCC3)CC2)o1. The number of piperidine rings is 1. The van der Waals surface area contributed by atoms with Gasteiger partial charge in [0.2, 0.25) is 17.7 Å². The zero-order valence-electron chi connectivity index (χ0n) is 14.5. The number of amides is 1. The number of carbonyl (C=O) groups excluding carboxylic acids is 1. The molecule has 1 saturated heterocycles. The third-order valence-corrected chi connectivity index (χ3v) is 5.34. The molecule has 1 aliphatic heterocycles. The molecule has 1 amide bonds. The number of likely N-dealkylation sites (tertiary alicyclic amines) is 1. The van der Waals surface area contributed by atoms with Crippen molar-refractivity contribution in [3.8, 4) is 0 Å². The highest BCUT2D eigenvalue weighted by atomic mass is 16.4. The van der Waals surface area contributed by atoms with Crippen LogP contribution in [0.5, 0.6) is 0 Å². The van der Waals surface area contributed by atoms with Crippen LogP contribution in [0.1, 0.15) is 88.8 Å². The van der Waals surface area contributed by atoms with Crippen LogP contribution in [0.3, 0.4) is 0 Å². The van der Waals surface area contributed by atoms with Gasteiger partial charge in [0.05, 0.1) is 0 Å². The summed E-state index contributed by atoms with van der Waals surface area (Å²) in [6.45, 7) is 5.78. The van der Waals surface area contributed by atoms with Crippen LogP contribution in [0.25, 0.3) is 0 Å². The van der Waals surface area contributed by atoms with Crippen molar-refractivity contribution in [2.75, 3.05) is 13.1 Å². The van der Waals surface area contributed by atoms with Gasteiger partial charge in [-0.3, -0.25) is 4.79 Å². The van der Waals surface area contributed by atoms with Crippen LogP contribution in [0.4, 0.5) is 0 Å². The molecule has 5 nitrogen and oxygen atoms in total. The molecule has 2 aliphatic rings. The minimum absolute atomic E-state index is 0.272. The van der Waals surface area contributed by atoms with Gasteiger partial charge in [-0.1, -0.05) is 33.1 Å². The van der Waals surface area contributed by atoms with E-state index in [0.29, 0.717) is 17.7 Å². The molecule has 2 heterocycles. The lowest BCUT2D eigenvalue weighted by molar-refractivity contribution is -0.133. The number of hydrogen-bond donors (Lipinski definition) is 0. The van der Waals surface area contributed by atoms with Gasteiger partial charge in [0.15, 0.2) is 0 Å². The average molecular weight is 319 g/mol. The van der Waals surface area contributed by atoms with E-state index in [1.54, 1.807) is 0 Å². The summed E-state index contributed by atoms with van der Waals surface area (Å²) in [5.74, 6) is 3.04. The van der Waals surface area contributed by atoms with Crippen molar-refractivity contribution in [1.82, 2.24) is 15.1 Å². The quantitative estimate of drug-likeness (QED) is 0.845. The van der Waals surface area contributed by atoms with Crippen molar-refractivity contribution in [2.24, 2.45) is 5.92 Å². The zero-order valence-corrected chi connectivity index (χ0v) is 14.5. The monoisotopic (exact) mass is 319 g/mol. The molecule has 3 rings (SSSR count). The molecule has 128 valence electrons. The minimum atomic E-state index is 0.272. The van der Waals surface area contributed by atoms with E-state index >= 15 is 0 Å². The molecule has 0 radical (unpaired) electrons. The lowest BCUT2D eigenvalue weighted by Crippen LogP contribution is -2.38. The van der Waals surface area contributed by atoms with Crippen molar-refractivity contribution >= 4 is 5.91 Å². The Morgan fingerprint density at radius 2 is 1.83 bits per heavy atom. The van der Waals surface area contributed by atoms with Crippen molar-refractivity contribution in [1.29, 1.82) is 0 Å². The van der Waals surface area contributed by atoms with Crippen molar-refractivity contribution in [3.63, 3.8) is 0 Å². The predicted molar refractivity (Wildman–Crippen MR) is 88.1 cm³/mol. The lowest BCUT2D eigenvalue weighted by Gasteiger charge is -2.32. The van der Waals surface area contributed by atoms with Crippen LogP contribution in [0.15, 0.2) is 4.42 Å². The van der Waals surface area contributed by atoms with Crippen LogP contribution in [-0.4, -0.2) is 34.1 Å². The standard InChI is InChI=1S/C18H29N3O2/c1-13(2)17-19-20-18(23-17)15-8-10-21(11-9-15)16(22)12-14-6-4-3-5-7-14/h13-15H,3-12H2,1-2H3. The molecule has 0 unspecified atom stereocenters. The fourth-order valence-electron chi connectivity index (χ4n) is 3.79. The first-order valence-electron chi connectivity index (χ1n) is 9.24. The number of carbonyl (C=O) groups is 1. The van der Waals surface area contributed by atoms with Crippen LogP contribution < -0.4 is 0 Å². The summed E-state index contributed by atoms with van der Waals surface area (Å²) in [5, 5.41) is 8.33. The smallest absolute Gasteiger partial charge is 0.222 e. The van der Waals surface area contributed by atoms with Gasteiger partial charge in [-0.2, -0.15) is 0 Å². The Labute approximate surface area is 138 Å². The average Bonchev–Trinajstić information content (AvgIpc) is 3.06. The molecule has 0 bridgehead atoms. The van der Waals surface area contributed by atoms with E-state index in [1.165, 1.54) is 32.1 Å². The fraction of sp³-hybridized carbons (Fsp3) is 0.833. The lowest BCUT2D eigenvalue weighted by atomic mass is 9.86. The second-order valence-electron chi connectivity index (χ2n) is 7.50. The first-order valence-corrected chi connectivity index (χ1v) is 9.24. The van der Waals surface area contributed by atoms with Crippen LogP contribution >= 0.6 is 0 Å². The molecule has 1 aromatic heterocycles. The normalized spacial score (nSPS) is 21.1. The summed E-state index contributed by atoms with van der Waals surface area (Å²) in [6.07, 6.45) is 9.06. The number of aromatic nitrogens is 2. The Kier molecular flexibility index (Phi) is 5.34. The zero-order chi connectivity index (χ0) is 16.2. The van der Waals surface area contributed by atoms with Crippen molar-refractivity contribution in [2.45, 2.75) is 77.0 Å². The summed E-state index contributed by atoms with van der Waals surface area (Å²) in [5.41, 5.74) is 0. The highest BCUT2D eigenvalue weighted by Gasteiger charge is 2.28. The van der Waals surface area contributed by atoms with Gasteiger partial charge in [-0.15, -0.1) is 10.2 Å². The summed E-state index contributed by atoms with van der Waals surface area (Å²) in [4.78, 5) is 14.5. The molecule has 1 saturated carbocycles. The van der Waals surface area contributed by atoms with E-state index in [0.717, 1.165) is 44.1 Å². The van der Waals surface area contributed by atoms with E-state index in [1.807, 2.05) is 4.90 Å². The molecule has 1 aromatic rings. The molecule has 0 spiro atoms. The van der Waals surface area contributed by atoms with Gasteiger partial charge in [-0.05, 0) is 31.6 Å². The molecular weight excluding hydrogens is 290 g/mol. The van der Waals surface area contributed by atoms with E-state index < -0.39 is 0 Å². The van der Waals surface area contributed by atoms with E-state index in [9.17, 15) is 4.79 Å². The topological polar surface area (TPSA) is 59.2 Å². The van der Waals surface area contributed by atoms with Gasteiger partial charge in [-0.25, -0.2) is 0 Å². The Morgan fingerprint density at radius 1 is 1.13 bits per heavy atom. The Morgan fingerprint density at radius 3 is 2.43 bits per heavy atom. The molecule has 5 heteroatoms. The van der Waals surface area contributed by atoms with Crippen molar-refractivity contribution in [3.05, 3.63) is 11.8 Å². The summed E-state index contributed by atoms with van der Waals surface area (Å²) in [6, 6.07) is 0. The Balaban J connectivity index is 1.48. The Hall–Kier alpha value is -1.39. The van der Waals surface area contributed by atoms with Gasteiger partial charge in [0.1, 0.15) is 0 Å². The predicted octanol–water partition coefficient (Wildman–Crippen LogP) is 3.87. The third kappa shape index (κ3) is 4.12. The number of nitrogens with zero attached hydrogens (tertiary/aromatic N) is 3. The molecule has 0 N–H and O–H groups in total. The highest BCUT2D eigenvalue weighted by molar-refractivity contribution is 5.76. The number of rotatable bonds is 4. The van der Waals surface area contributed by atoms with Gasteiger partial charge in [0.25, 0.3) is 0 Å². The molecular formula is C18H29N3O2. The van der Waals surface area contributed by atoms with E-state index in [2.05, 4.69) is 24.0 Å². The van der Waals surface area contributed by atoms with Gasteiger partial charge >= 0.3 is 0 Å². The molecule has 23 heavy (non-hydrogen) atoms.